The zero-order valence-electron chi connectivity index (χ0n) is 8.92. The zero-order chi connectivity index (χ0) is 11.6. The number of aryl methyl sites for hydroxylation is 1. The minimum absolute atomic E-state index is 0.00590. The van der Waals surface area contributed by atoms with Crippen LogP contribution in [0.2, 0.25) is 0 Å². The topological polar surface area (TPSA) is 32.3 Å². The highest BCUT2D eigenvalue weighted by Crippen LogP contribution is 2.31. The van der Waals surface area contributed by atoms with E-state index >= 15 is 0 Å². The number of hydrogen-bond acceptors (Lipinski definition) is 2. The van der Waals surface area contributed by atoms with E-state index in [1.165, 1.54) is 5.56 Å². The van der Waals surface area contributed by atoms with E-state index in [9.17, 15) is 8.78 Å². The molecule has 0 radical (unpaired) electrons. The number of nitrogens with one attached hydrogen (secondary N) is 1. The van der Waals surface area contributed by atoms with E-state index in [0.29, 0.717) is 0 Å². The highest BCUT2D eigenvalue weighted by Gasteiger charge is 2.30. The summed E-state index contributed by atoms with van der Waals surface area (Å²) >= 11 is 0. The van der Waals surface area contributed by atoms with Gasteiger partial charge >= 0.3 is 0 Å². The van der Waals surface area contributed by atoms with Gasteiger partial charge in [0.2, 0.25) is 0 Å². The average molecular weight is 227 g/mol. The number of hydrogen-bond donors (Lipinski definition) is 2. The molecule has 1 atom stereocenters. The zero-order valence-corrected chi connectivity index (χ0v) is 8.92. The molecule has 2 nitrogen and oxygen atoms in total. The minimum Gasteiger partial charge on any atom is -0.390 e. The third-order valence-corrected chi connectivity index (χ3v) is 2.97. The van der Waals surface area contributed by atoms with Gasteiger partial charge in [0.15, 0.2) is 0 Å². The molecule has 0 aromatic heterocycles. The Bertz CT molecular complexity index is 368. The number of benzene rings is 1. The van der Waals surface area contributed by atoms with Crippen LogP contribution in [-0.2, 0) is 6.42 Å². The van der Waals surface area contributed by atoms with Gasteiger partial charge in [0.25, 0.3) is 5.92 Å². The monoisotopic (exact) mass is 227 g/mol. The van der Waals surface area contributed by atoms with Gasteiger partial charge in [-0.05, 0) is 24.0 Å². The van der Waals surface area contributed by atoms with Crippen LogP contribution < -0.4 is 5.32 Å². The van der Waals surface area contributed by atoms with Gasteiger partial charge in [-0.2, -0.15) is 0 Å². The molecular formula is C12H15F2NO. The van der Waals surface area contributed by atoms with E-state index < -0.39 is 19.1 Å². The first kappa shape index (κ1) is 11.5. The quantitative estimate of drug-likeness (QED) is 0.823. The summed E-state index contributed by atoms with van der Waals surface area (Å²) in [6.45, 7) is -1.57. The van der Waals surface area contributed by atoms with Crippen molar-refractivity contribution in [2.45, 2.75) is 24.8 Å². The van der Waals surface area contributed by atoms with E-state index in [-0.39, 0.29) is 6.04 Å². The average Bonchev–Trinajstić information content (AvgIpc) is 2.70. The molecule has 4 heteroatoms. The summed E-state index contributed by atoms with van der Waals surface area (Å²) in [7, 11) is 0. The van der Waals surface area contributed by atoms with Crippen molar-refractivity contribution >= 4 is 0 Å². The van der Waals surface area contributed by atoms with Crippen LogP contribution in [0.15, 0.2) is 24.3 Å². The Labute approximate surface area is 93.3 Å². The predicted octanol–water partition coefficient (Wildman–Crippen LogP) is 1.89. The molecule has 0 heterocycles. The summed E-state index contributed by atoms with van der Waals surface area (Å²) < 4.78 is 25.7. The first-order valence-corrected chi connectivity index (χ1v) is 5.42. The fraction of sp³-hybridized carbons (Fsp3) is 0.500. The predicted molar refractivity (Wildman–Crippen MR) is 57.5 cm³/mol. The summed E-state index contributed by atoms with van der Waals surface area (Å²) in [6, 6.07) is 7.87. The molecule has 2 N–H and O–H groups in total. The van der Waals surface area contributed by atoms with Crippen molar-refractivity contribution < 1.29 is 13.9 Å². The lowest BCUT2D eigenvalue weighted by Gasteiger charge is -2.18. The Balaban J connectivity index is 1.99. The van der Waals surface area contributed by atoms with Crippen molar-refractivity contribution in [1.29, 1.82) is 0 Å². The van der Waals surface area contributed by atoms with Crippen molar-refractivity contribution in [1.82, 2.24) is 5.32 Å². The lowest BCUT2D eigenvalue weighted by Crippen LogP contribution is -2.37. The Morgan fingerprint density at radius 3 is 2.88 bits per heavy atom. The van der Waals surface area contributed by atoms with Crippen LogP contribution in [0.3, 0.4) is 0 Å². The SMILES string of the molecule is OCC(F)(F)CNC1CCc2ccccc21. The fourth-order valence-electron chi connectivity index (χ4n) is 2.10. The summed E-state index contributed by atoms with van der Waals surface area (Å²) in [6.07, 6.45) is 1.78. The molecule has 1 aromatic carbocycles. The van der Waals surface area contributed by atoms with Crippen molar-refractivity contribution in [3.05, 3.63) is 35.4 Å². The summed E-state index contributed by atoms with van der Waals surface area (Å²) in [5.41, 5.74) is 2.34. The molecule has 88 valence electrons. The van der Waals surface area contributed by atoms with Gasteiger partial charge in [-0.3, -0.25) is 0 Å². The van der Waals surface area contributed by atoms with E-state index in [1.807, 2.05) is 24.3 Å². The van der Waals surface area contributed by atoms with Gasteiger partial charge in [0, 0.05) is 6.04 Å². The van der Waals surface area contributed by atoms with Gasteiger partial charge < -0.3 is 10.4 Å². The smallest absolute Gasteiger partial charge is 0.282 e. The molecule has 0 aliphatic heterocycles. The number of fused-ring (bicyclic) bond motifs is 1. The van der Waals surface area contributed by atoms with E-state index in [1.54, 1.807) is 0 Å². The highest BCUT2D eigenvalue weighted by atomic mass is 19.3. The molecule has 1 aromatic rings. The lowest BCUT2D eigenvalue weighted by molar-refractivity contribution is -0.0493. The van der Waals surface area contributed by atoms with Crippen molar-refractivity contribution in [2.75, 3.05) is 13.2 Å². The Hall–Kier alpha value is -1.00. The standard InChI is InChI=1S/C12H15F2NO/c13-12(14,8-16)7-15-11-6-5-9-3-1-2-4-10(9)11/h1-4,11,15-16H,5-8H2. The van der Waals surface area contributed by atoms with Crippen LogP contribution in [-0.4, -0.2) is 24.2 Å². The molecule has 0 saturated heterocycles. The number of aliphatic hydroxyl groups is 1. The van der Waals surface area contributed by atoms with Crippen LogP contribution in [0.5, 0.6) is 0 Å². The number of rotatable bonds is 4. The second-order valence-electron chi connectivity index (χ2n) is 4.19. The number of aliphatic hydroxyl groups excluding tert-OH is 1. The van der Waals surface area contributed by atoms with Crippen LogP contribution in [0.4, 0.5) is 8.78 Å². The number of halogens is 2. The molecule has 0 saturated carbocycles. The van der Waals surface area contributed by atoms with Crippen molar-refractivity contribution in [3.8, 4) is 0 Å². The van der Waals surface area contributed by atoms with Crippen molar-refractivity contribution in [2.24, 2.45) is 0 Å². The molecule has 0 bridgehead atoms. The van der Waals surface area contributed by atoms with E-state index in [0.717, 1.165) is 18.4 Å². The molecule has 1 aliphatic carbocycles. The van der Waals surface area contributed by atoms with Gasteiger partial charge in [-0.1, -0.05) is 24.3 Å². The van der Waals surface area contributed by atoms with Gasteiger partial charge in [-0.25, -0.2) is 8.78 Å². The fourth-order valence-corrected chi connectivity index (χ4v) is 2.10. The Kier molecular flexibility index (Phi) is 3.21. The van der Waals surface area contributed by atoms with Gasteiger partial charge in [0.1, 0.15) is 6.61 Å². The normalized spacial score (nSPS) is 19.8. The van der Waals surface area contributed by atoms with Crippen LogP contribution in [0, 0.1) is 0 Å². The highest BCUT2D eigenvalue weighted by molar-refractivity contribution is 5.34. The number of alkyl halides is 2. The first-order chi connectivity index (χ1) is 7.62. The maximum absolute atomic E-state index is 12.9. The summed E-state index contributed by atoms with van der Waals surface area (Å²) in [5.74, 6) is -3.03. The summed E-state index contributed by atoms with van der Waals surface area (Å²) in [4.78, 5) is 0. The van der Waals surface area contributed by atoms with Crippen LogP contribution in [0.25, 0.3) is 0 Å². The maximum Gasteiger partial charge on any atom is 0.282 e. The second kappa shape index (κ2) is 4.47. The molecular weight excluding hydrogens is 212 g/mol. The lowest BCUT2D eigenvalue weighted by atomic mass is 10.1. The minimum atomic E-state index is -3.03. The van der Waals surface area contributed by atoms with Crippen LogP contribution >= 0.6 is 0 Å². The Morgan fingerprint density at radius 1 is 1.38 bits per heavy atom. The van der Waals surface area contributed by atoms with E-state index in [4.69, 9.17) is 5.11 Å². The second-order valence-corrected chi connectivity index (χ2v) is 4.19. The van der Waals surface area contributed by atoms with Crippen LogP contribution in [0.1, 0.15) is 23.6 Å². The molecule has 0 spiro atoms. The van der Waals surface area contributed by atoms with Gasteiger partial charge in [-0.15, -0.1) is 0 Å². The molecule has 1 unspecified atom stereocenters. The Morgan fingerprint density at radius 2 is 2.12 bits per heavy atom. The molecule has 16 heavy (non-hydrogen) atoms. The third kappa shape index (κ3) is 2.39. The van der Waals surface area contributed by atoms with Crippen molar-refractivity contribution in [3.63, 3.8) is 0 Å². The first-order valence-electron chi connectivity index (χ1n) is 5.42. The molecule has 0 amide bonds. The molecule has 2 rings (SSSR count). The molecule has 1 aliphatic rings. The maximum atomic E-state index is 12.9. The van der Waals surface area contributed by atoms with E-state index in [2.05, 4.69) is 5.32 Å². The molecule has 0 fully saturated rings. The summed E-state index contributed by atoms with van der Waals surface area (Å²) in [5, 5.41) is 11.3. The third-order valence-electron chi connectivity index (χ3n) is 2.97. The largest absolute Gasteiger partial charge is 0.390 e. The van der Waals surface area contributed by atoms with Gasteiger partial charge in [0.05, 0.1) is 6.54 Å².